The van der Waals surface area contributed by atoms with Gasteiger partial charge in [-0.1, -0.05) is 17.7 Å². The summed E-state index contributed by atoms with van der Waals surface area (Å²) in [5.41, 5.74) is 0.304. The van der Waals surface area contributed by atoms with Crippen molar-refractivity contribution in [3.63, 3.8) is 0 Å². The second-order valence-electron chi connectivity index (χ2n) is 7.16. The van der Waals surface area contributed by atoms with Crippen molar-refractivity contribution in [2.24, 2.45) is 0 Å². The molecule has 1 atom stereocenters. The zero-order chi connectivity index (χ0) is 22.4. The summed E-state index contributed by atoms with van der Waals surface area (Å²) in [6, 6.07) is 11.0. The van der Waals surface area contributed by atoms with Gasteiger partial charge in [0.15, 0.2) is 22.9 Å². The van der Waals surface area contributed by atoms with Gasteiger partial charge in [0.2, 0.25) is 5.78 Å². The van der Waals surface area contributed by atoms with Gasteiger partial charge in [-0.2, -0.15) is 0 Å². The van der Waals surface area contributed by atoms with Gasteiger partial charge in [0.25, 0.3) is 5.91 Å². The molecule has 4 aromatic rings. The number of ether oxygens (including phenoxy) is 1. The molecule has 0 bridgehead atoms. The van der Waals surface area contributed by atoms with Gasteiger partial charge in [0, 0.05) is 21.4 Å². The number of furan rings is 2. The predicted molar refractivity (Wildman–Crippen MR) is 118 cm³/mol. The maximum atomic E-state index is 13.5. The summed E-state index contributed by atoms with van der Waals surface area (Å²) in [4.78, 5) is 28.6. The van der Waals surface area contributed by atoms with Crippen molar-refractivity contribution < 1.29 is 28.3 Å². The summed E-state index contributed by atoms with van der Waals surface area (Å²) in [6.07, 6.45) is 1.50. The van der Waals surface area contributed by atoms with Crippen molar-refractivity contribution in [3.8, 4) is 5.75 Å². The fraction of sp³-hybridized carbons (Fsp3) is 0.130. The first-order chi connectivity index (χ1) is 15.5. The quantitative estimate of drug-likeness (QED) is 0.373. The Morgan fingerprint density at radius 3 is 2.81 bits per heavy atom. The summed E-state index contributed by atoms with van der Waals surface area (Å²) < 4.78 is 16.5. The molecular formula is C23H16ClNO6S. The number of rotatable bonds is 6. The third-order valence-electron chi connectivity index (χ3n) is 5.26. The molecule has 0 spiro atoms. The number of halogens is 1. The van der Waals surface area contributed by atoms with E-state index in [2.05, 4.69) is 0 Å². The number of hydrogen-bond donors (Lipinski definition) is 1. The Bertz CT molecular complexity index is 1350. The molecule has 32 heavy (non-hydrogen) atoms. The van der Waals surface area contributed by atoms with Crippen LogP contribution in [0.4, 0.5) is 0 Å². The van der Waals surface area contributed by atoms with E-state index < -0.39 is 23.5 Å². The number of ketones is 1. The first-order valence-corrected chi connectivity index (χ1v) is 10.9. The van der Waals surface area contributed by atoms with Crippen molar-refractivity contribution in [2.75, 3.05) is 7.11 Å². The monoisotopic (exact) mass is 469 g/mol. The number of benzene rings is 1. The molecule has 1 aliphatic rings. The molecule has 4 heterocycles. The average Bonchev–Trinajstić information content (AvgIpc) is 3.57. The van der Waals surface area contributed by atoms with Crippen LogP contribution in [0, 0.1) is 0 Å². The van der Waals surface area contributed by atoms with E-state index in [-0.39, 0.29) is 17.9 Å². The number of amides is 1. The van der Waals surface area contributed by atoms with E-state index >= 15 is 0 Å². The number of hydrogen-bond acceptors (Lipinski definition) is 7. The van der Waals surface area contributed by atoms with Crippen LogP contribution in [0.3, 0.4) is 0 Å². The maximum absolute atomic E-state index is 13.5. The minimum atomic E-state index is -0.779. The minimum Gasteiger partial charge on any atom is -0.503 e. The lowest BCUT2D eigenvalue weighted by Gasteiger charge is -2.24. The highest BCUT2D eigenvalue weighted by Gasteiger charge is 2.45. The van der Waals surface area contributed by atoms with Crippen molar-refractivity contribution >= 4 is 45.6 Å². The maximum Gasteiger partial charge on any atom is 0.290 e. The molecule has 7 nitrogen and oxygen atoms in total. The normalized spacial score (nSPS) is 16.4. The van der Waals surface area contributed by atoms with Gasteiger partial charge in [-0.15, -0.1) is 11.3 Å². The van der Waals surface area contributed by atoms with Crippen LogP contribution < -0.4 is 4.74 Å². The molecule has 162 valence electrons. The number of nitrogens with zero attached hydrogens (tertiary/aromatic N) is 1. The number of thiophene rings is 1. The van der Waals surface area contributed by atoms with E-state index in [1.54, 1.807) is 24.3 Å². The summed E-state index contributed by atoms with van der Waals surface area (Å²) in [5.74, 6) is -0.974. The number of fused-ring (bicyclic) bond motifs is 1. The zero-order valence-electron chi connectivity index (χ0n) is 16.7. The lowest BCUT2D eigenvalue weighted by atomic mass is 10.00. The molecule has 1 amide bonds. The molecule has 0 saturated heterocycles. The number of methoxy groups -OCH3 is 1. The highest BCUT2D eigenvalue weighted by Crippen LogP contribution is 2.42. The minimum absolute atomic E-state index is 0.0312. The van der Waals surface area contributed by atoms with Gasteiger partial charge in [0.1, 0.15) is 11.8 Å². The van der Waals surface area contributed by atoms with Crippen LogP contribution in [0.5, 0.6) is 5.75 Å². The summed E-state index contributed by atoms with van der Waals surface area (Å²) in [5, 5.41) is 13.6. The lowest BCUT2D eigenvalue weighted by Crippen LogP contribution is -2.30. The molecule has 5 rings (SSSR count). The van der Waals surface area contributed by atoms with E-state index in [1.165, 1.54) is 35.7 Å². The van der Waals surface area contributed by atoms with Crippen molar-refractivity contribution in [3.05, 3.63) is 86.9 Å². The number of aliphatic hydroxyl groups is 1. The third-order valence-corrected chi connectivity index (χ3v) is 6.40. The highest BCUT2D eigenvalue weighted by molar-refractivity contribution is 7.10. The molecule has 1 unspecified atom stereocenters. The summed E-state index contributed by atoms with van der Waals surface area (Å²) in [6.45, 7) is 0.0960. The van der Waals surface area contributed by atoms with Crippen LogP contribution in [0.2, 0.25) is 5.02 Å². The van der Waals surface area contributed by atoms with Gasteiger partial charge in [-0.05, 0) is 35.7 Å². The number of Topliss-reactive ketones (excluding diaryl/α,β-unsaturated/α-hetero) is 1. The van der Waals surface area contributed by atoms with Crippen LogP contribution in [0.25, 0.3) is 11.0 Å². The number of aliphatic hydroxyl groups excluding tert-OH is 1. The Labute approximate surface area is 191 Å². The molecule has 0 aliphatic carbocycles. The molecule has 1 aromatic carbocycles. The molecular weight excluding hydrogens is 454 g/mol. The molecule has 9 heteroatoms. The van der Waals surface area contributed by atoms with E-state index in [9.17, 15) is 14.7 Å². The lowest BCUT2D eigenvalue weighted by molar-refractivity contribution is -0.130. The predicted octanol–water partition coefficient (Wildman–Crippen LogP) is 5.53. The van der Waals surface area contributed by atoms with Crippen molar-refractivity contribution in [1.82, 2.24) is 4.90 Å². The third kappa shape index (κ3) is 3.28. The number of carbonyl (C=O) groups excluding carboxylic acids is 2. The second-order valence-corrected chi connectivity index (χ2v) is 8.57. The Hall–Kier alpha value is -3.49. The van der Waals surface area contributed by atoms with Crippen molar-refractivity contribution in [2.45, 2.75) is 12.6 Å². The van der Waals surface area contributed by atoms with E-state index in [0.29, 0.717) is 27.5 Å². The van der Waals surface area contributed by atoms with E-state index in [4.69, 9.17) is 25.2 Å². The highest BCUT2D eigenvalue weighted by atomic mass is 35.5. The largest absolute Gasteiger partial charge is 0.503 e. The topological polar surface area (TPSA) is 93.1 Å². The van der Waals surface area contributed by atoms with Gasteiger partial charge >= 0.3 is 0 Å². The Morgan fingerprint density at radius 2 is 2.12 bits per heavy atom. The van der Waals surface area contributed by atoms with Crippen LogP contribution in [0.15, 0.2) is 74.3 Å². The second kappa shape index (κ2) is 7.89. The Kier molecular flexibility index (Phi) is 5.03. The molecule has 1 N–H and O–H groups in total. The fourth-order valence-corrected chi connectivity index (χ4v) is 4.91. The van der Waals surface area contributed by atoms with Gasteiger partial charge in [-0.25, -0.2) is 0 Å². The van der Waals surface area contributed by atoms with Gasteiger partial charge in [-0.3, -0.25) is 9.59 Å². The van der Waals surface area contributed by atoms with E-state index in [0.717, 1.165) is 4.88 Å². The SMILES string of the molecule is COc1cc(Cl)cc2cc(C(=O)C3=C(O)C(=O)N(Cc4ccco4)C3c3cccs3)oc12. The fourth-order valence-electron chi connectivity index (χ4n) is 3.84. The smallest absolute Gasteiger partial charge is 0.290 e. The standard InChI is InChI=1S/C23H16ClNO6S/c1-29-16-10-13(24)8-12-9-15(31-22(12)16)20(26)18-19(17-5-3-7-32-17)25(23(28)21(18)27)11-14-4-2-6-30-14/h2-10,19,27H,11H2,1H3. The summed E-state index contributed by atoms with van der Waals surface area (Å²) in [7, 11) is 1.47. The first-order valence-electron chi connectivity index (χ1n) is 9.59. The van der Waals surface area contributed by atoms with Gasteiger partial charge < -0.3 is 23.6 Å². The molecule has 3 aromatic heterocycles. The molecule has 0 radical (unpaired) electrons. The molecule has 0 saturated carbocycles. The summed E-state index contributed by atoms with van der Waals surface area (Å²) >= 11 is 7.50. The van der Waals surface area contributed by atoms with Crippen LogP contribution >= 0.6 is 22.9 Å². The average molecular weight is 470 g/mol. The van der Waals surface area contributed by atoms with Crippen LogP contribution in [-0.4, -0.2) is 28.8 Å². The Balaban J connectivity index is 1.59. The zero-order valence-corrected chi connectivity index (χ0v) is 18.3. The van der Waals surface area contributed by atoms with Crippen LogP contribution in [0.1, 0.15) is 27.2 Å². The van der Waals surface area contributed by atoms with Crippen LogP contribution in [-0.2, 0) is 11.3 Å². The van der Waals surface area contributed by atoms with Gasteiger partial charge in [0.05, 0.1) is 25.5 Å². The molecule has 0 fully saturated rings. The number of carbonyl (C=O) groups is 2. The first kappa shape index (κ1) is 20.4. The van der Waals surface area contributed by atoms with Crippen molar-refractivity contribution in [1.29, 1.82) is 0 Å². The molecule has 1 aliphatic heterocycles. The Morgan fingerprint density at radius 1 is 1.28 bits per heavy atom. The van der Waals surface area contributed by atoms with E-state index in [1.807, 2.05) is 17.5 Å².